The number of rotatable bonds is 8. The Bertz CT molecular complexity index is 612. The molecule has 124 valence electrons. The van der Waals surface area contributed by atoms with Gasteiger partial charge in [-0.25, -0.2) is 13.1 Å². The quantitative estimate of drug-likeness (QED) is 0.797. The van der Waals surface area contributed by atoms with Crippen LogP contribution in [0.4, 0.5) is 5.69 Å². The average Bonchev–Trinajstić information content (AvgIpc) is 2.44. The molecule has 0 unspecified atom stereocenters. The number of nitrogens with zero attached hydrogens (tertiary/aromatic N) is 1. The third kappa shape index (κ3) is 5.77. The van der Waals surface area contributed by atoms with E-state index in [1.165, 1.54) is 6.92 Å². The molecule has 0 spiro atoms. The van der Waals surface area contributed by atoms with Gasteiger partial charge in [-0.1, -0.05) is 25.5 Å². The van der Waals surface area contributed by atoms with Crippen molar-refractivity contribution in [1.29, 1.82) is 0 Å². The lowest BCUT2D eigenvalue weighted by Crippen LogP contribution is -2.38. The third-order valence-electron chi connectivity index (χ3n) is 3.46. The second-order valence-electron chi connectivity index (χ2n) is 5.53. The molecule has 0 atom stereocenters. The summed E-state index contributed by atoms with van der Waals surface area (Å²) in [5.74, 6) is 0.0361. The molecule has 1 rings (SSSR count). The van der Waals surface area contributed by atoms with Gasteiger partial charge in [-0.3, -0.25) is 4.79 Å². The van der Waals surface area contributed by atoms with E-state index in [4.69, 9.17) is 0 Å². The standard InChI is InChI=1S/C16H26N2O3S/c1-5-6-11-22(20,21)17-9-10-18(15(4)19)16-12-13(2)7-8-14(16)3/h7-8,12,17H,5-6,9-11H2,1-4H3. The number of aryl methyl sites for hydroxylation is 2. The Kier molecular flexibility index (Phi) is 7.03. The molecule has 0 aliphatic rings. The predicted molar refractivity (Wildman–Crippen MR) is 90.6 cm³/mol. The first-order valence-corrected chi connectivity index (χ1v) is 9.24. The Morgan fingerprint density at radius 3 is 2.55 bits per heavy atom. The summed E-state index contributed by atoms with van der Waals surface area (Å²) in [6.45, 7) is 7.90. The Balaban J connectivity index is 2.74. The van der Waals surface area contributed by atoms with Gasteiger partial charge in [-0.05, 0) is 37.5 Å². The molecule has 0 aromatic heterocycles. The maximum absolute atomic E-state index is 11.9. The Morgan fingerprint density at radius 1 is 1.27 bits per heavy atom. The van der Waals surface area contributed by atoms with Crippen LogP contribution in [0.3, 0.4) is 0 Å². The van der Waals surface area contributed by atoms with Crippen LogP contribution in [-0.4, -0.2) is 33.2 Å². The van der Waals surface area contributed by atoms with Crippen LogP contribution in [0.15, 0.2) is 18.2 Å². The molecule has 1 N–H and O–H groups in total. The van der Waals surface area contributed by atoms with Crippen LogP contribution in [0, 0.1) is 13.8 Å². The van der Waals surface area contributed by atoms with Crippen molar-refractivity contribution < 1.29 is 13.2 Å². The number of nitrogens with one attached hydrogen (secondary N) is 1. The van der Waals surface area contributed by atoms with Gasteiger partial charge >= 0.3 is 0 Å². The van der Waals surface area contributed by atoms with E-state index in [1.54, 1.807) is 4.90 Å². The summed E-state index contributed by atoms with van der Waals surface area (Å²) in [6.07, 6.45) is 1.48. The summed E-state index contributed by atoms with van der Waals surface area (Å²) in [4.78, 5) is 13.5. The highest BCUT2D eigenvalue weighted by molar-refractivity contribution is 7.89. The van der Waals surface area contributed by atoms with Gasteiger partial charge in [0.2, 0.25) is 15.9 Å². The monoisotopic (exact) mass is 326 g/mol. The third-order valence-corrected chi connectivity index (χ3v) is 4.93. The van der Waals surface area contributed by atoms with Gasteiger partial charge < -0.3 is 4.90 Å². The minimum atomic E-state index is -3.25. The van der Waals surface area contributed by atoms with Crippen LogP contribution in [-0.2, 0) is 14.8 Å². The molecule has 1 aromatic rings. The molecule has 22 heavy (non-hydrogen) atoms. The lowest BCUT2D eigenvalue weighted by Gasteiger charge is -2.23. The summed E-state index contributed by atoms with van der Waals surface area (Å²) in [6, 6.07) is 5.90. The Labute approximate surface area is 133 Å². The lowest BCUT2D eigenvalue weighted by molar-refractivity contribution is -0.116. The minimum absolute atomic E-state index is 0.0959. The van der Waals surface area contributed by atoms with Crippen molar-refractivity contribution in [2.75, 3.05) is 23.7 Å². The largest absolute Gasteiger partial charge is 0.311 e. The van der Waals surface area contributed by atoms with Crippen molar-refractivity contribution in [2.24, 2.45) is 0 Å². The maximum atomic E-state index is 11.9. The molecular weight excluding hydrogens is 300 g/mol. The SMILES string of the molecule is CCCCS(=O)(=O)NCCN(C(C)=O)c1cc(C)ccc1C. The normalized spacial score (nSPS) is 11.5. The maximum Gasteiger partial charge on any atom is 0.223 e. The van der Waals surface area contributed by atoms with Crippen molar-refractivity contribution in [1.82, 2.24) is 4.72 Å². The number of carbonyl (C=O) groups is 1. The van der Waals surface area contributed by atoms with Crippen LogP contribution < -0.4 is 9.62 Å². The summed E-state index contributed by atoms with van der Waals surface area (Å²) >= 11 is 0. The summed E-state index contributed by atoms with van der Waals surface area (Å²) in [5, 5.41) is 0. The second-order valence-corrected chi connectivity index (χ2v) is 7.45. The van der Waals surface area contributed by atoms with Gasteiger partial charge in [-0.15, -0.1) is 0 Å². The molecule has 5 nitrogen and oxygen atoms in total. The van der Waals surface area contributed by atoms with Crippen molar-refractivity contribution in [3.63, 3.8) is 0 Å². The van der Waals surface area contributed by atoms with Crippen molar-refractivity contribution in [3.05, 3.63) is 29.3 Å². The highest BCUT2D eigenvalue weighted by Gasteiger charge is 2.15. The number of unbranched alkanes of at least 4 members (excludes halogenated alkanes) is 1. The number of benzene rings is 1. The molecule has 0 heterocycles. The highest BCUT2D eigenvalue weighted by atomic mass is 32.2. The van der Waals surface area contributed by atoms with Gasteiger partial charge in [0.25, 0.3) is 0 Å². The smallest absolute Gasteiger partial charge is 0.223 e. The van der Waals surface area contributed by atoms with Gasteiger partial charge in [0.05, 0.1) is 5.75 Å². The van der Waals surface area contributed by atoms with Crippen LogP contribution in [0.2, 0.25) is 0 Å². The van der Waals surface area contributed by atoms with Gasteiger partial charge in [0, 0.05) is 25.7 Å². The molecule has 0 fully saturated rings. The average molecular weight is 326 g/mol. The molecule has 0 saturated carbocycles. The fourth-order valence-electron chi connectivity index (χ4n) is 2.18. The van der Waals surface area contributed by atoms with Crippen molar-refractivity contribution >= 4 is 21.6 Å². The number of anilines is 1. The van der Waals surface area contributed by atoms with E-state index in [2.05, 4.69) is 4.72 Å². The molecule has 0 radical (unpaired) electrons. The van der Waals surface area contributed by atoms with E-state index < -0.39 is 10.0 Å². The number of sulfonamides is 1. The zero-order valence-corrected chi connectivity index (χ0v) is 14.7. The molecule has 0 aliphatic heterocycles. The van der Waals surface area contributed by atoms with Crippen molar-refractivity contribution in [2.45, 2.75) is 40.5 Å². The first-order chi connectivity index (χ1) is 10.3. The molecular formula is C16H26N2O3S. The number of hydrogen-bond acceptors (Lipinski definition) is 3. The first kappa shape index (κ1) is 18.6. The zero-order valence-electron chi connectivity index (χ0n) is 13.8. The van der Waals surface area contributed by atoms with Gasteiger partial charge in [0.1, 0.15) is 0 Å². The van der Waals surface area contributed by atoms with Crippen LogP contribution in [0.1, 0.15) is 37.8 Å². The molecule has 0 saturated heterocycles. The summed E-state index contributed by atoms with van der Waals surface area (Å²) < 4.78 is 26.1. The number of amides is 1. The Hall–Kier alpha value is -1.40. The fourth-order valence-corrected chi connectivity index (χ4v) is 3.39. The van der Waals surface area contributed by atoms with Gasteiger partial charge in [-0.2, -0.15) is 0 Å². The second kappa shape index (κ2) is 8.29. The van der Waals surface area contributed by atoms with Crippen LogP contribution >= 0.6 is 0 Å². The van der Waals surface area contributed by atoms with E-state index in [0.717, 1.165) is 23.2 Å². The molecule has 0 bridgehead atoms. The minimum Gasteiger partial charge on any atom is -0.311 e. The molecule has 1 aromatic carbocycles. The lowest BCUT2D eigenvalue weighted by atomic mass is 10.1. The molecule has 0 aliphatic carbocycles. The van der Waals surface area contributed by atoms with Gasteiger partial charge in [0.15, 0.2) is 0 Å². The summed E-state index contributed by atoms with van der Waals surface area (Å²) in [5.41, 5.74) is 2.89. The zero-order chi connectivity index (χ0) is 16.8. The number of carbonyl (C=O) groups excluding carboxylic acids is 1. The van der Waals surface area contributed by atoms with E-state index in [0.29, 0.717) is 13.0 Å². The van der Waals surface area contributed by atoms with E-state index in [1.807, 2.05) is 39.0 Å². The summed E-state index contributed by atoms with van der Waals surface area (Å²) in [7, 11) is -3.25. The number of hydrogen-bond donors (Lipinski definition) is 1. The van der Waals surface area contributed by atoms with E-state index >= 15 is 0 Å². The predicted octanol–water partition coefficient (Wildman–Crippen LogP) is 2.38. The molecule has 6 heteroatoms. The fraction of sp³-hybridized carbons (Fsp3) is 0.562. The first-order valence-electron chi connectivity index (χ1n) is 7.59. The van der Waals surface area contributed by atoms with E-state index in [-0.39, 0.29) is 18.2 Å². The van der Waals surface area contributed by atoms with Crippen molar-refractivity contribution in [3.8, 4) is 0 Å². The topological polar surface area (TPSA) is 66.5 Å². The highest BCUT2D eigenvalue weighted by Crippen LogP contribution is 2.21. The molecule has 1 amide bonds. The van der Waals surface area contributed by atoms with Crippen LogP contribution in [0.5, 0.6) is 0 Å². The van der Waals surface area contributed by atoms with E-state index in [9.17, 15) is 13.2 Å². The Morgan fingerprint density at radius 2 is 1.95 bits per heavy atom. The van der Waals surface area contributed by atoms with Crippen LogP contribution in [0.25, 0.3) is 0 Å².